The van der Waals surface area contributed by atoms with Crippen molar-refractivity contribution >= 4 is 5.91 Å². The highest BCUT2D eigenvalue weighted by molar-refractivity contribution is 5.94. The van der Waals surface area contributed by atoms with Gasteiger partial charge in [-0.3, -0.25) is 4.79 Å². The zero-order valence-electron chi connectivity index (χ0n) is 14.2. The molecule has 1 aromatic carbocycles. The molecular formula is C20H30N2O. The minimum Gasteiger partial charge on any atom is -0.336 e. The molecule has 0 bridgehead atoms. The molecule has 1 aromatic rings. The second-order valence-corrected chi connectivity index (χ2v) is 7.28. The van der Waals surface area contributed by atoms with Crippen LogP contribution < -0.4 is 5.73 Å². The van der Waals surface area contributed by atoms with Crippen molar-refractivity contribution in [1.29, 1.82) is 0 Å². The van der Waals surface area contributed by atoms with Gasteiger partial charge in [0.25, 0.3) is 5.91 Å². The first-order valence-electron chi connectivity index (χ1n) is 9.38. The smallest absolute Gasteiger partial charge is 0.254 e. The summed E-state index contributed by atoms with van der Waals surface area (Å²) in [6, 6.07) is 8.27. The summed E-state index contributed by atoms with van der Waals surface area (Å²) in [6.07, 6.45) is 11.9. The maximum Gasteiger partial charge on any atom is 0.254 e. The number of likely N-dealkylation sites (tertiary alicyclic amines) is 1. The Hall–Kier alpha value is -1.35. The molecule has 1 heterocycles. The second-order valence-electron chi connectivity index (χ2n) is 7.28. The van der Waals surface area contributed by atoms with E-state index in [2.05, 4.69) is 4.90 Å². The molecule has 23 heavy (non-hydrogen) atoms. The maximum atomic E-state index is 12.8. The van der Waals surface area contributed by atoms with Crippen LogP contribution in [0.1, 0.15) is 73.7 Å². The first-order valence-corrected chi connectivity index (χ1v) is 9.38. The van der Waals surface area contributed by atoms with Gasteiger partial charge in [-0.1, -0.05) is 44.2 Å². The number of hydrogen-bond acceptors (Lipinski definition) is 2. The normalized spacial score (nSPS) is 22.5. The Balaban J connectivity index is 1.57. The summed E-state index contributed by atoms with van der Waals surface area (Å²) in [7, 11) is 0. The lowest BCUT2D eigenvalue weighted by atomic mass is 9.85. The highest BCUT2D eigenvalue weighted by Crippen LogP contribution is 2.31. The monoisotopic (exact) mass is 314 g/mol. The lowest BCUT2D eigenvalue weighted by Crippen LogP contribution is -2.35. The van der Waals surface area contributed by atoms with Crippen LogP contribution in [-0.2, 0) is 6.54 Å². The van der Waals surface area contributed by atoms with Gasteiger partial charge in [0.2, 0.25) is 0 Å². The fourth-order valence-corrected chi connectivity index (χ4v) is 4.26. The summed E-state index contributed by atoms with van der Waals surface area (Å²) in [5.41, 5.74) is 7.53. The lowest BCUT2D eigenvalue weighted by Gasteiger charge is -2.28. The third-order valence-electron chi connectivity index (χ3n) is 5.71. The predicted octanol–water partition coefficient (Wildman–Crippen LogP) is 4.11. The fraction of sp³-hybridized carbons (Fsp3) is 0.650. The number of amides is 1. The first-order chi connectivity index (χ1) is 11.3. The zero-order chi connectivity index (χ0) is 16.1. The number of carbonyl (C=O) groups is 1. The number of nitrogens with zero attached hydrogens (tertiary/aromatic N) is 1. The minimum absolute atomic E-state index is 0.208. The quantitative estimate of drug-likeness (QED) is 0.889. The molecule has 1 aliphatic carbocycles. The third kappa shape index (κ3) is 4.14. The van der Waals surface area contributed by atoms with Gasteiger partial charge in [0.15, 0.2) is 0 Å². The number of nitrogens with two attached hydrogens (primary N) is 1. The van der Waals surface area contributed by atoms with Gasteiger partial charge < -0.3 is 10.6 Å². The Kier molecular flexibility index (Phi) is 5.71. The van der Waals surface area contributed by atoms with E-state index in [1.165, 1.54) is 51.4 Å². The van der Waals surface area contributed by atoms with Crippen LogP contribution in [-0.4, -0.2) is 23.4 Å². The molecule has 2 N–H and O–H groups in total. The number of carbonyl (C=O) groups excluding carboxylic acids is 1. The van der Waals surface area contributed by atoms with Crippen molar-refractivity contribution in [3.63, 3.8) is 0 Å². The summed E-state index contributed by atoms with van der Waals surface area (Å²) in [5.74, 6) is 1.12. The van der Waals surface area contributed by atoms with Crippen molar-refractivity contribution in [2.75, 3.05) is 6.54 Å². The molecule has 0 aromatic heterocycles. The molecular weight excluding hydrogens is 284 g/mol. The molecule has 3 nitrogen and oxygen atoms in total. The number of rotatable bonds is 5. The van der Waals surface area contributed by atoms with Crippen molar-refractivity contribution < 1.29 is 4.79 Å². The molecule has 3 heteroatoms. The standard InChI is InChI=1S/C20H30N2O/c21-15-17-8-11-18(12-9-17)20(23)22-14-4-7-19(22)13-10-16-5-2-1-3-6-16/h8-9,11-12,16,19H,1-7,10,13-15,21H2. The van der Waals surface area contributed by atoms with Crippen LogP contribution in [0, 0.1) is 5.92 Å². The Labute approximate surface area is 140 Å². The minimum atomic E-state index is 0.208. The SMILES string of the molecule is NCc1ccc(C(=O)N2CCCC2CCC2CCCCC2)cc1. The molecule has 2 aliphatic rings. The van der Waals surface area contributed by atoms with Crippen molar-refractivity contribution in [2.45, 2.75) is 70.4 Å². The Morgan fingerprint density at radius 1 is 1.00 bits per heavy atom. The molecule has 1 aliphatic heterocycles. The fourth-order valence-electron chi connectivity index (χ4n) is 4.26. The summed E-state index contributed by atoms with van der Waals surface area (Å²) >= 11 is 0. The maximum absolute atomic E-state index is 12.8. The average molecular weight is 314 g/mol. The van der Waals surface area contributed by atoms with Gasteiger partial charge in [0, 0.05) is 24.7 Å². The molecule has 1 atom stereocenters. The summed E-state index contributed by atoms with van der Waals surface area (Å²) in [4.78, 5) is 14.9. The molecule has 126 valence electrons. The number of hydrogen-bond donors (Lipinski definition) is 1. The predicted molar refractivity (Wildman–Crippen MR) is 94.2 cm³/mol. The Bertz CT molecular complexity index is 505. The zero-order valence-corrected chi connectivity index (χ0v) is 14.2. The second kappa shape index (κ2) is 7.96. The molecule has 0 radical (unpaired) electrons. The molecule has 1 unspecified atom stereocenters. The highest BCUT2D eigenvalue weighted by Gasteiger charge is 2.29. The van der Waals surface area contributed by atoms with E-state index in [9.17, 15) is 4.79 Å². The molecule has 1 saturated heterocycles. The van der Waals surface area contributed by atoms with Gasteiger partial charge in [-0.2, -0.15) is 0 Å². The molecule has 1 saturated carbocycles. The van der Waals surface area contributed by atoms with E-state index in [-0.39, 0.29) is 5.91 Å². The van der Waals surface area contributed by atoms with Crippen LogP contribution in [0.4, 0.5) is 0 Å². The van der Waals surface area contributed by atoms with Crippen LogP contribution in [0.5, 0.6) is 0 Å². The van der Waals surface area contributed by atoms with E-state index in [0.29, 0.717) is 12.6 Å². The van der Waals surface area contributed by atoms with E-state index in [1.54, 1.807) is 0 Å². The summed E-state index contributed by atoms with van der Waals surface area (Å²) in [6.45, 7) is 1.45. The van der Waals surface area contributed by atoms with Crippen molar-refractivity contribution in [3.05, 3.63) is 35.4 Å². The van der Waals surface area contributed by atoms with Gasteiger partial charge >= 0.3 is 0 Å². The summed E-state index contributed by atoms with van der Waals surface area (Å²) in [5, 5.41) is 0. The van der Waals surface area contributed by atoms with Crippen molar-refractivity contribution in [3.8, 4) is 0 Å². The van der Waals surface area contributed by atoms with Crippen LogP contribution in [0.15, 0.2) is 24.3 Å². The topological polar surface area (TPSA) is 46.3 Å². The third-order valence-corrected chi connectivity index (χ3v) is 5.71. The largest absolute Gasteiger partial charge is 0.336 e. The average Bonchev–Trinajstić information content (AvgIpc) is 3.09. The van der Waals surface area contributed by atoms with Gasteiger partial charge in [0.1, 0.15) is 0 Å². The molecule has 1 amide bonds. The summed E-state index contributed by atoms with van der Waals surface area (Å²) < 4.78 is 0. The van der Waals surface area contributed by atoms with E-state index in [1.807, 2.05) is 24.3 Å². The van der Waals surface area contributed by atoms with Crippen molar-refractivity contribution in [2.24, 2.45) is 11.7 Å². The van der Waals surface area contributed by atoms with E-state index < -0.39 is 0 Å². The van der Waals surface area contributed by atoms with Gasteiger partial charge in [-0.05, 0) is 49.3 Å². The molecule has 2 fully saturated rings. The van der Waals surface area contributed by atoms with E-state index >= 15 is 0 Å². The van der Waals surface area contributed by atoms with Crippen LogP contribution in [0.2, 0.25) is 0 Å². The highest BCUT2D eigenvalue weighted by atomic mass is 16.2. The van der Waals surface area contributed by atoms with Gasteiger partial charge in [-0.15, -0.1) is 0 Å². The Morgan fingerprint density at radius 3 is 2.43 bits per heavy atom. The van der Waals surface area contributed by atoms with Crippen LogP contribution >= 0.6 is 0 Å². The van der Waals surface area contributed by atoms with Gasteiger partial charge in [0.05, 0.1) is 0 Å². The molecule has 3 rings (SSSR count). The first kappa shape index (κ1) is 16.5. The lowest BCUT2D eigenvalue weighted by molar-refractivity contribution is 0.0723. The van der Waals surface area contributed by atoms with Crippen molar-refractivity contribution in [1.82, 2.24) is 4.90 Å². The van der Waals surface area contributed by atoms with Crippen LogP contribution in [0.3, 0.4) is 0 Å². The van der Waals surface area contributed by atoms with E-state index in [4.69, 9.17) is 5.73 Å². The van der Waals surface area contributed by atoms with Crippen LogP contribution in [0.25, 0.3) is 0 Å². The molecule has 0 spiro atoms. The van der Waals surface area contributed by atoms with E-state index in [0.717, 1.165) is 30.0 Å². The number of benzene rings is 1. The Morgan fingerprint density at radius 2 is 1.74 bits per heavy atom. The van der Waals surface area contributed by atoms with Gasteiger partial charge in [-0.25, -0.2) is 0 Å².